The molecule has 1 aliphatic rings. The monoisotopic (exact) mass is 342 g/mol. The first-order valence-corrected chi connectivity index (χ1v) is 9.39. The standard InChI is InChI=1S/C19H26N4S/c1-14-18(24-15(2)22-14)12-21-19(20-3)23-10-9-17(13-23)11-16-7-5-4-6-8-16/h4-8,17H,9-13H2,1-3H3,(H,20,21). The van der Waals surface area contributed by atoms with Gasteiger partial charge in [0, 0.05) is 25.0 Å². The Morgan fingerprint density at radius 2 is 2.12 bits per heavy atom. The van der Waals surface area contributed by atoms with E-state index in [2.05, 4.69) is 64.4 Å². The molecule has 0 aliphatic carbocycles. The summed E-state index contributed by atoms with van der Waals surface area (Å²) in [6.07, 6.45) is 2.38. The number of hydrogen-bond acceptors (Lipinski definition) is 3. The summed E-state index contributed by atoms with van der Waals surface area (Å²) in [5.74, 6) is 1.72. The highest BCUT2D eigenvalue weighted by molar-refractivity contribution is 7.11. The zero-order valence-electron chi connectivity index (χ0n) is 14.7. The SMILES string of the molecule is CN=C(NCc1sc(C)nc1C)N1CCC(Cc2ccccc2)C1. The van der Waals surface area contributed by atoms with Gasteiger partial charge < -0.3 is 10.2 Å². The quantitative estimate of drug-likeness (QED) is 0.684. The average molecular weight is 343 g/mol. The zero-order chi connectivity index (χ0) is 16.9. The number of likely N-dealkylation sites (tertiary alicyclic amines) is 1. The molecule has 0 amide bonds. The molecule has 1 unspecified atom stereocenters. The fraction of sp³-hybridized carbons (Fsp3) is 0.474. The van der Waals surface area contributed by atoms with E-state index in [1.54, 1.807) is 11.3 Å². The van der Waals surface area contributed by atoms with Crippen molar-refractivity contribution in [2.75, 3.05) is 20.1 Å². The highest BCUT2D eigenvalue weighted by Gasteiger charge is 2.25. The second kappa shape index (κ2) is 7.79. The predicted octanol–water partition coefficient (Wildman–Crippen LogP) is 3.40. The van der Waals surface area contributed by atoms with Crippen molar-refractivity contribution < 1.29 is 0 Å². The van der Waals surface area contributed by atoms with Crippen molar-refractivity contribution in [2.45, 2.75) is 33.2 Å². The molecule has 24 heavy (non-hydrogen) atoms. The average Bonchev–Trinajstić information content (AvgIpc) is 3.16. The van der Waals surface area contributed by atoms with Gasteiger partial charge in [-0.25, -0.2) is 4.98 Å². The molecule has 0 bridgehead atoms. The molecule has 128 valence electrons. The van der Waals surface area contributed by atoms with E-state index in [4.69, 9.17) is 0 Å². The minimum Gasteiger partial charge on any atom is -0.351 e. The lowest BCUT2D eigenvalue weighted by molar-refractivity contribution is 0.460. The molecule has 0 radical (unpaired) electrons. The first kappa shape index (κ1) is 17.0. The van der Waals surface area contributed by atoms with Crippen LogP contribution in [0.1, 0.15) is 27.6 Å². The van der Waals surface area contributed by atoms with E-state index >= 15 is 0 Å². The van der Waals surface area contributed by atoms with E-state index in [1.165, 1.54) is 16.9 Å². The normalized spacial score (nSPS) is 18.2. The zero-order valence-corrected chi connectivity index (χ0v) is 15.6. The van der Waals surface area contributed by atoms with Crippen LogP contribution in [-0.2, 0) is 13.0 Å². The third-order valence-corrected chi connectivity index (χ3v) is 5.64. The largest absolute Gasteiger partial charge is 0.351 e. The fourth-order valence-electron chi connectivity index (χ4n) is 3.37. The number of nitrogens with one attached hydrogen (secondary N) is 1. The summed E-state index contributed by atoms with van der Waals surface area (Å²) >= 11 is 1.76. The Labute approximate surface area is 148 Å². The van der Waals surface area contributed by atoms with Crippen LogP contribution in [-0.4, -0.2) is 36.0 Å². The first-order chi connectivity index (χ1) is 11.7. The Hall–Kier alpha value is -1.88. The third-order valence-electron chi connectivity index (χ3n) is 4.57. The van der Waals surface area contributed by atoms with E-state index in [-0.39, 0.29) is 0 Å². The number of aliphatic imine (C=N–C) groups is 1. The number of nitrogens with zero attached hydrogens (tertiary/aromatic N) is 3. The molecule has 1 fully saturated rings. The van der Waals surface area contributed by atoms with Gasteiger partial charge in [-0.05, 0) is 38.2 Å². The van der Waals surface area contributed by atoms with Crippen LogP contribution < -0.4 is 5.32 Å². The van der Waals surface area contributed by atoms with Crippen LogP contribution in [0.25, 0.3) is 0 Å². The van der Waals surface area contributed by atoms with Crippen LogP contribution in [0.4, 0.5) is 0 Å². The van der Waals surface area contributed by atoms with Gasteiger partial charge in [0.15, 0.2) is 5.96 Å². The second-order valence-electron chi connectivity index (χ2n) is 6.43. The molecule has 1 saturated heterocycles. The smallest absolute Gasteiger partial charge is 0.193 e. The summed E-state index contributed by atoms with van der Waals surface area (Å²) in [4.78, 5) is 12.7. The summed E-state index contributed by atoms with van der Waals surface area (Å²) in [6.45, 7) is 7.11. The van der Waals surface area contributed by atoms with Gasteiger partial charge in [-0.2, -0.15) is 0 Å². The molecule has 3 rings (SSSR count). The van der Waals surface area contributed by atoms with Gasteiger partial charge in [-0.1, -0.05) is 30.3 Å². The summed E-state index contributed by atoms with van der Waals surface area (Å²) in [5, 5.41) is 4.64. The topological polar surface area (TPSA) is 40.5 Å². The summed E-state index contributed by atoms with van der Waals surface area (Å²) in [7, 11) is 1.87. The molecule has 1 N–H and O–H groups in total. The summed E-state index contributed by atoms with van der Waals surface area (Å²) in [5.41, 5.74) is 2.56. The maximum absolute atomic E-state index is 4.50. The Balaban J connectivity index is 1.54. The van der Waals surface area contributed by atoms with Crippen molar-refractivity contribution in [2.24, 2.45) is 10.9 Å². The molecule has 1 aromatic carbocycles. The summed E-state index contributed by atoms with van der Waals surface area (Å²) in [6, 6.07) is 10.8. The third kappa shape index (κ3) is 4.15. The van der Waals surface area contributed by atoms with Gasteiger partial charge in [0.05, 0.1) is 17.2 Å². The number of thiazole rings is 1. The van der Waals surface area contributed by atoms with Crippen molar-refractivity contribution >= 4 is 17.3 Å². The number of benzene rings is 1. The Kier molecular flexibility index (Phi) is 5.51. The molecule has 4 nitrogen and oxygen atoms in total. The molecule has 2 aromatic rings. The highest BCUT2D eigenvalue weighted by atomic mass is 32.1. The number of hydrogen-bond donors (Lipinski definition) is 1. The van der Waals surface area contributed by atoms with Crippen LogP contribution in [0.3, 0.4) is 0 Å². The minimum atomic E-state index is 0.707. The first-order valence-electron chi connectivity index (χ1n) is 8.58. The molecule has 0 saturated carbocycles. The van der Waals surface area contributed by atoms with Gasteiger partial charge in [-0.15, -0.1) is 11.3 Å². The fourth-order valence-corrected chi connectivity index (χ4v) is 4.25. The molecule has 1 aliphatic heterocycles. The van der Waals surface area contributed by atoms with Gasteiger partial charge in [-0.3, -0.25) is 4.99 Å². The number of aromatic nitrogens is 1. The predicted molar refractivity (Wildman–Crippen MR) is 102 cm³/mol. The van der Waals surface area contributed by atoms with Gasteiger partial charge in [0.2, 0.25) is 0 Å². The van der Waals surface area contributed by atoms with Crippen LogP contribution in [0, 0.1) is 19.8 Å². The van der Waals surface area contributed by atoms with Crippen molar-refractivity contribution in [3.05, 3.63) is 51.5 Å². The Morgan fingerprint density at radius 1 is 1.33 bits per heavy atom. The lowest BCUT2D eigenvalue weighted by Gasteiger charge is -2.21. The molecule has 1 aromatic heterocycles. The van der Waals surface area contributed by atoms with E-state index in [0.29, 0.717) is 5.92 Å². The lowest BCUT2D eigenvalue weighted by Crippen LogP contribution is -2.39. The van der Waals surface area contributed by atoms with Gasteiger partial charge in [0.1, 0.15) is 0 Å². The molecule has 5 heteroatoms. The van der Waals surface area contributed by atoms with Crippen molar-refractivity contribution in [1.29, 1.82) is 0 Å². The van der Waals surface area contributed by atoms with Crippen LogP contribution in [0.15, 0.2) is 35.3 Å². The molecule has 0 spiro atoms. The van der Waals surface area contributed by atoms with Gasteiger partial charge in [0.25, 0.3) is 0 Å². The molecule has 1 atom stereocenters. The number of guanidine groups is 1. The Morgan fingerprint density at radius 3 is 2.79 bits per heavy atom. The number of rotatable bonds is 4. The van der Waals surface area contributed by atoms with E-state index in [9.17, 15) is 0 Å². The van der Waals surface area contributed by atoms with E-state index in [1.807, 2.05) is 7.05 Å². The maximum Gasteiger partial charge on any atom is 0.193 e. The van der Waals surface area contributed by atoms with Crippen molar-refractivity contribution in [3.8, 4) is 0 Å². The molecular weight excluding hydrogens is 316 g/mol. The number of aryl methyl sites for hydroxylation is 2. The van der Waals surface area contributed by atoms with Crippen LogP contribution >= 0.6 is 11.3 Å². The van der Waals surface area contributed by atoms with Crippen molar-refractivity contribution in [1.82, 2.24) is 15.2 Å². The van der Waals surface area contributed by atoms with Crippen LogP contribution in [0.5, 0.6) is 0 Å². The maximum atomic E-state index is 4.50. The van der Waals surface area contributed by atoms with Crippen LogP contribution in [0.2, 0.25) is 0 Å². The second-order valence-corrected chi connectivity index (χ2v) is 7.72. The molecule has 2 heterocycles. The lowest BCUT2D eigenvalue weighted by atomic mass is 9.99. The molecular formula is C19H26N4S. The van der Waals surface area contributed by atoms with Gasteiger partial charge >= 0.3 is 0 Å². The highest BCUT2D eigenvalue weighted by Crippen LogP contribution is 2.21. The summed E-state index contributed by atoms with van der Waals surface area (Å²) < 4.78 is 0. The van der Waals surface area contributed by atoms with E-state index in [0.717, 1.165) is 42.7 Å². The van der Waals surface area contributed by atoms with Crippen molar-refractivity contribution in [3.63, 3.8) is 0 Å². The minimum absolute atomic E-state index is 0.707. The Bertz CT molecular complexity index is 693. The van der Waals surface area contributed by atoms with E-state index < -0.39 is 0 Å².